The highest BCUT2D eigenvalue weighted by molar-refractivity contribution is 14.0. The summed E-state index contributed by atoms with van der Waals surface area (Å²) in [5, 5.41) is 3.44. The first-order chi connectivity index (χ1) is 12.2. The smallest absolute Gasteiger partial charge is 0.193 e. The lowest BCUT2D eigenvalue weighted by atomic mass is 10.1. The molecule has 1 atom stereocenters. The molecule has 6 heteroatoms. The fourth-order valence-corrected chi connectivity index (χ4v) is 3.08. The molecule has 1 saturated heterocycles. The van der Waals surface area contributed by atoms with Gasteiger partial charge in [0.1, 0.15) is 0 Å². The van der Waals surface area contributed by atoms with E-state index in [2.05, 4.69) is 60.4 Å². The van der Waals surface area contributed by atoms with E-state index in [1.165, 1.54) is 12.0 Å². The van der Waals surface area contributed by atoms with E-state index in [4.69, 9.17) is 9.73 Å². The molecule has 1 N–H and O–H groups in total. The first-order valence-corrected chi connectivity index (χ1v) is 9.48. The number of nitrogens with zero attached hydrogens (tertiary/aromatic N) is 3. The van der Waals surface area contributed by atoms with Gasteiger partial charge in [0.25, 0.3) is 0 Å². The minimum absolute atomic E-state index is 0. The van der Waals surface area contributed by atoms with Gasteiger partial charge in [-0.05, 0) is 46.0 Å². The van der Waals surface area contributed by atoms with Crippen LogP contribution in [0.15, 0.2) is 35.3 Å². The Hall–Kier alpha value is -0.860. The van der Waals surface area contributed by atoms with E-state index in [1.54, 1.807) is 0 Å². The fraction of sp³-hybridized carbons (Fsp3) is 0.650. The molecule has 1 aromatic carbocycles. The number of likely N-dealkylation sites (tertiary alicyclic amines) is 1. The van der Waals surface area contributed by atoms with Gasteiger partial charge in [0.05, 0.1) is 13.2 Å². The van der Waals surface area contributed by atoms with Gasteiger partial charge < -0.3 is 19.9 Å². The van der Waals surface area contributed by atoms with Gasteiger partial charge in [-0.25, -0.2) is 0 Å². The summed E-state index contributed by atoms with van der Waals surface area (Å²) in [6.45, 7) is 8.64. The number of hydrogen-bond acceptors (Lipinski definition) is 3. The Balaban J connectivity index is 0.00000338. The Labute approximate surface area is 176 Å². The Kier molecular flexibility index (Phi) is 11.9. The summed E-state index contributed by atoms with van der Waals surface area (Å²) in [5.74, 6) is 1.65. The van der Waals surface area contributed by atoms with Crippen LogP contribution in [0.3, 0.4) is 0 Å². The summed E-state index contributed by atoms with van der Waals surface area (Å²) in [6.07, 6.45) is 2.27. The van der Waals surface area contributed by atoms with Crippen molar-refractivity contribution in [1.29, 1.82) is 0 Å². The van der Waals surface area contributed by atoms with Crippen molar-refractivity contribution in [3.63, 3.8) is 0 Å². The fourth-order valence-electron chi connectivity index (χ4n) is 3.08. The summed E-state index contributed by atoms with van der Waals surface area (Å²) in [7, 11) is 4.21. The Morgan fingerprint density at radius 2 is 2.08 bits per heavy atom. The maximum Gasteiger partial charge on any atom is 0.193 e. The van der Waals surface area contributed by atoms with Crippen molar-refractivity contribution < 1.29 is 4.74 Å². The standard InChI is InChI=1S/C20H34N4O.HI/c1-4-21-20(22-12-8-13-23(2)3)24-14-11-19(15-24)17-25-16-18-9-6-5-7-10-18;/h5-7,9-10,19H,4,8,11-17H2,1-3H3,(H,21,22);1H. The van der Waals surface area contributed by atoms with Crippen LogP contribution in [-0.2, 0) is 11.3 Å². The molecule has 148 valence electrons. The number of hydrogen-bond donors (Lipinski definition) is 1. The van der Waals surface area contributed by atoms with E-state index in [9.17, 15) is 0 Å². The molecule has 0 amide bonds. The van der Waals surface area contributed by atoms with Crippen LogP contribution in [0.4, 0.5) is 0 Å². The molecular weight excluding hydrogens is 439 g/mol. The molecule has 1 heterocycles. The zero-order valence-corrected chi connectivity index (χ0v) is 18.8. The summed E-state index contributed by atoms with van der Waals surface area (Å²) < 4.78 is 5.92. The molecule has 1 fully saturated rings. The molecular formula is C20H35IN4O. The maximum atomic E-state index is 5.92. The molecule has 0 aromatic heterocycles. The van der Waals surface area contributed by atoms with Crippen LogP contribution < -0.4 is 5.32 Å². The first kappa shape index (κ1) is 23.2. The molecule has 0 spiro atoms. The number of halogens is 1. The van der Waals surface area contributed by atoms with Crippen LogP contribution >= 0.6 is 24.0 Å². The van der Waals surface area contributed by atoms with E-state index < -0.39 is 0 Å². The SMILES string of the molecule is CCNC(=NCCCN(C)C)N1CCC(COCc2ccccc2)C1.I. The lowest BCUT2D eigenvalue weighted by Gasteiger charge is -2.22. The van der Waals surface area contributed by atoms with Crippen LogP contribution in [-0.4, -0.2) is 69.2 Å². The number of ether oxygens (including phenoxy) is 1. The van der Waals surface area contributed by atoms with Gasteiger partial charge >= 0.3 is 0 Å². The van der Waals surface area contributed by atoms with Gasteiger partial charge in [-0.1, -0.05) is 30.3 Å². The second-order valence-electron chi connectivity index (χ2n) is 6.99. The van der Waals surface area contributed by atoms with Crippen molar-refractivity contribution in [2.45, 2.75) is 26.4 Å². The minimum Gasteiger partial charge on any atom is -0.376 e. The van der Waals surface area contributed by atoms with Gasteiger partial charge in [0.15, 0.2) is 5.96 Å². The van der Waals surface area contributed by atoms with E-state index in [0.29, 0.717) is 12.5 Å². The third-order valence-electron chi connectivity index (χ3n) is 4.41. The van der Waals surface area contributed by atoms with Gasteiger partial charge in [-0.2, -0.15) is 0 Å². The van der Waals surface area contributed by atoms with Crippen molar-refractivity contribution in [1.82, 2.24) is 15.1 Å². The molecule has 1 aliphatic rings. The predicted octanol–water partition coefficient (Wildman–Crippen LogP) is 3.06. The molecule has 0 aliphatic carbocycles. The lowest BCUT2D eigenvalue weighted by Crippen LogP contribution is -2.40. The number of rotatable bonds is 9. The molecule has 1 aromatic rings. The third kappa shape index (κ3) is 8.68. The Bertz CT molecular complexity index is 510. The van der Waals surface area contributed by atoms with Crippen molar-refractivity contribution in [3.8, 4) is 0 Å². The molecule has 26 heavy (non-hydrogen) atoms. The molecule has 0 radical (unpaired) electrons. The van der Waals surface area contributed by atoms with Gasteiger partial charge in [0.2, 0.25) is 0 Å². The molecule has 5 nitrogen and oxygen atoms in total. The van der Waals surface area contributed by atoms with Crippen LogP contribution in [0.1, 0.15) is 25.3 Å². The van der Waals surface area contributed by atoms with Crippen LogP contribution in [0, 0.1) is 5.92 Å². The topological polar surface area (TPSA) is 40.1 Å². The van der Waals surface area contributed by atoms with E-state index in [1.807, 2.05) is 6.07 Å². The second-order valence-corrected chi connectivity index (χ2v) is 6.99. The van der Waals surface area contributed by atoms with Crippen LogP contribution in [0.25, 0.3) is 0 Å². The molecule has 1 aliphatic heterocycles. The van der Waals surface area contributed by atoms with Crippen LogP contribution in [0.2, 0.25) is 0 Å². The van der Waals surface area contributed by atoms with Crippen molar-refractivity contribution in [2.75, 3.05) is 53.4 Å². The Morgan fingerprint density at radius 3 is 2.77 bits per heavy atom. The maximum absolute atomic E-state index is 5.92. The third-order valence-corrected chi connectivity index (χ3v) is 4.41. The lowest BCUT2D eigenvalue weighted by molar-refractivity contribution is 0.0907. The van der Waals surface area contributed by atoms with E-state index in [-0.39, 0.29) is 24.0 Å². The van der Waals surface area contributed by atoms with Crippen LogP contribution in [0.5, 0.6) is 0 Å². The second kappa shape index (κ2) is 13.3. The first-order valence-electron chi connectivity index (χ1n) is 9.48. The number of nitrogens with one attached hydrogen (secondary N) is 1. The van der Waals surface area contributed by atoms with E-state index in [0.717, 1.165) is 51.7 Å². The minimum atomic E-state index is 0. The molecule has 0 bridgehead atoms. The summed E-state index contributed by atoms with van der Waals surface area (Å²) in [5.41, 5.74) is 1.24. The van der Waals surface area contributed by atoms with Gasteiger partial charge in [0, 0.05) is 32.1 Å². The average Bonchev–Trinajstić information content (AvgIpc) is 3.07. The summed E-state index contributed by atoms with van der Waals surface area (Å²) >= 11 is 0. The quantitative estimate of drug-likeness (QED) is 0.259. The van der Waals surface area contributed by atoms with Crippen molar-refractivity contribution >= 4 is 29.9 Å². The zero-order chi connectivity index (χ0) is 17.9. The number of guanidine groups is 1. The molecule has 1 unspecified atom stereocenters. The van der Waals surface area contributed by atoms with Crippen molar-refractivity contribution in [3.05, 3.63) is 35.9 Å². The van der Waals surface area contributed by atoms with Crippen molar-refractivity contribution in [2.24, 2.45) is 10.9 Å². The predicted molar refractivity (Wildman–Crippen MR) is 120 cm³/mol. The van der Waals surface area contributed by atoms with Gasteiger partial charge in [-0.3, -0.25) is 4.99 Å². The highest BCUT2D eigenvalue weighted by Gasteiger charge is 2.24. The average molecular weight is 474 g/mol. The highest BCUT2D eigenvalue weighted by Crippen LogP contribution is 2.17. The summed E-state index contributed by atoms with van der Waals surface area (Å²) in [6, 6.07) is 10.4. The summed E-state index contributed by atoms with van der Waals surface area (Å²) in [4.78, 5) is 9.39. The molecule has 2 rings (SSSR count). The largest absolute Gasteiger partial charge is 0.376 e. The monoisotopic (exact) mass is 474 g/mol. The van der Waals surface area contributed by atoms with Gasteiger partial charge in [-0.15, -0.1) is 24.0 Å². The molecule has 0 saturated carbocycles. The Morgan fingerprint density at radius 1 is 1.31 bits per heavy atom. The number of aliphatic imine (C=N–C) groups is 1. The number of benzene rings is 1. The zero-order valence-electron chi connectivity index (χ0n) is 16.5. The van der Waals surface area contributed by atoms with E-state index >= 15 is 0 Å². The normalized spacial score (nSPS) is 17.5. The highest BCUT2D eigenvalue weighted by atomic mass is 127.